The zero-order valence-corrected chi connectivity index (χ0v) is 15.2. The number of tetrazole rings is 1. The second-order valence-electron chi connectivity index (χ2n) is 6.82. The van der Waals surface area contributed by atoms with Crippen molar-refractivity contribution in [1.29, 1.82) is 0 Å². The third kappa shape index (κ3) is 3.26. The van der Waals surface area contributed by atoms with E-state index in [1.54, 1.807) is 0 Å². The Labute approximate surface area is 147 Å². The van der Waals surface area contributed by atoms with Crippen LogP contribution in [0, 0.1) is 0 Å². The second-order valence-corrected chi connectivity index (χ2v) is 7.14. The summed E-state index contributed by atoms with van der Waals surface area (Å²) in [6.07, 6.45) is 2.05. The molecule has 2 aromatic rings. The van der Waals surface area contributed by atoms with Gasteiger partial charge in [-0.1, -0.05) is 30.3 Å². The lowest BCUT2D eigenvalue weighted by atomic mass is 9.78. The van der Waals surface area contributed by atoms with Crippen LogP contribution in [0.1, 0.15) is 33.3 Å². The molecule has 3 rings (SSSR count). The number of H-pyrrole nitrogens is 1. The summed E-state index contributed by atoms with van der Waals surface area (Å²) < 4.78 is 12.2. The van der Waals surface area contributed by atoms with E-state index in [-0.39, 0.29) is 18.3 Å². The molecule has 0 spiro atoms. The topological polar surface area (TPSA) is 72.9 Å². The van der Waals surface area contributed by atoms with Gasteiger partial charge in [-0.15, -0.1) is 10.2 Å². The minimum atomic E-state index is -0.385. The predicted octanol–water partition coefficient (Wildman–Crippen LogP) is 2.81. The van der Waals surface area contributed by atoms with Gasteiger partial charge < -0.3 is 9.31 Å². The summed E-state index contributed by atoms with van der Waals surface area (Å²) in [6.45, 7) is 8.18. The quantitative estimate of drug-likeness (QED) is 0.659. The van der Waals surface area contributed by atoms with Gasteiger partial charge in [0.25, 0.3) is 0 Å². The molecule has 126 valence electrons. The molecular weight excluding hydrogens is 323 g/mol. The van der Waals surface area contributed by atoms with Crippen molar-refractivity contribution in [2.24, 2.45) is 0 Å². The average molecular weight is 344 g/mol. The summed E-state index contributed by atoms with van der Waals surface area (Å²) >= 11 is 4.44. The van der Waals surface area contributed by atoms with Crippen LogP contribution in [-0.4, -0.2) is 44.7 Å². The van der Waals surface area contributed by atoms with Gasteiger partial charge in [0.2, 0.25) is 5.82 Å². The molecule has 1 saturated heterocycles. The van der Waals surface area contributed by atoms with Crippen molar-refractivity contribution < 1.29 is 9.31 Å². The van der Waals surface area contributed by atoms with Gasteiger partial charge in [0.15, 0.2) is 0 Å². The van der Waals surface area contributed by atoms with Crippen molar-refractivity contribution in [3.05, 3.63) is 35.3 Å². The Balaban J connectivity index is 1.81. The number of hydrogen-bond donors (Lipinski definition) is 2. The molecule has 24 heavy (non-hydrogen) atoms. The van der Waals surface area contributed by atoms with Gasteiger partial charge >= 0.3 is 7.12 Å². The first kappa shape index (κ1) is 17.2. The maximum absolute atomic E-state index is 6.10. The van der Waals surface area contributed by atoms with E-state index in [2.05, 4.69) is 39.3 Å². The molecule has 0 unspecified atom stereocenters. The number of aromatic nitrogens is 4. The van der Waals surface area contributed by atoms with E-state index in [1.807, 2.05) is 52.0 Å². The summed E-state index contributed by atoms with van der Waals surface area (Å²) in [5.41, 5.74) is 2.22. The number of rotatable bonds is 4. The molecular formula is C16H21BN4O2S. The maximum atomic E-state index is 6.10. The molecule has 0 saturated carbocycles. The predicted molar refractivity (Wildman–Crippen MR) is 97.5 cm³/mol. The van der Waals surface area contributed by atoms with E-state index in [0.29, 0.717) is 11.6 Å². The Morgan fingerprint density at radius 2 is 1.79 bits per heavy atom. The van der Waals surface area contributed by atoms with E-state index in [9.17, 15) is 0 Å². The molecule has 8 heteroatoms. The molecule has 0 aliphatic carbocycles. The van der Waals surface area contributed by atoms with Gasteiger partial charge in [-0.05, 0) is 43.9 Å². The first-order chi connectivity index (χ1) is 11.3. The number of benzene rings is 1. The molecule has 1 aromatic heterocycles. The van der Waals surface area contributed by atoms with Crippen molar-refractivity contribution in [2.45, 2.75) is 38.9 Å². The third-order valence-corrected chi connectivity index (χ3v) is 4.97. The molecule has 1 aliphatic rings. The molecule has 1 aliphatic heterocycles. The minimum Gasteiger partial charge on any atom is -0.400 e. The third-order valence-electron chi connectivity index (χ3n) is 4.60. The number of hydrogen-bond acceptors (Lipinski definition) is 6. The fourth-order valence-electron chi connectivity index (χ4n) is 2.41. The molecule has 0 amide bonds. The fourth-order valence-corrected chi connectivity index (χ4v) is 2.65. The van der Waals surface area contributed by atoms with Crippen molar-refractivity contribution in [1.82, 2.24) is 20.6 Å². The summed E-state index contributed by atoms with van der Waals surface area (Å²) in [5, 5.41) is 14.0. The van der Waals surface area contributed by atoms with Crippen molar-refractivity contribution in [3.8, 4) is 11.4 Å². The second kappa shape index (κ2) is 6.35. The molecule has 6 nitrogen and oxygen atoms in total. The van der Waals surface area contributed by atoms with Crippen LogP contribution < -0.4 is 0 Å². The minimum absolute atomic E-state index is 0.359. The Morgan fingerprint density at radius 3 is 2.29 bits per heavy atom. The summed E-state index contributed by atoms with van der Waals surface area (Å²) in [6, 6.07) is 7.91. The summed E-state index contributed by atoms with van der Waals surface area (Å²) in [5.74, 6) is 1.13. The van der Waals surface area contributed by atoms with Gasteiger partial charge in [0.1, 0.15) is 0 Å². The first-order valence-electron chi connectivity index (χ1n) is 7.83. The highest BCUT2D eigenvalue weighted by molar-refractivity contribution is 7.80. The van der Waals surface area contributed by atoms with Gasteiger partial charge in [-0.3, -0.25) is 0 Å². The standard InChI is InChI=1S/C16H21BN4O2S/c1-15(2)16(3,4)23-17(22-15)13(10-24)9-11-5-7-12(8-6-11)14-18-20-21-19-14/h5-9,24H,10H2,1-4H3,(H,18,19,20,21). The van der Waals surface area contributed by atoms with Crippen molar-refractivity contribution in [2.75, 3.05) is 5.75 Å². The summed E-state index contributed by atoms with van der Waals surface area (Å²) in [7, 11) is -0.385. The van der Waals surface area contributed by atoms with E-state index >= 15 is 0 Å². The lowest BCUT2D eigenvalue weighted by Crippen LogP contribution is -2.41. The molecule has 1 N–H and O–H groups in total. The van der Waals surface area contributed by atoms with E-state index in [1.165, 1.54) is 0 Å². The summed E-state index contributed by atoms with van der Waals surface area (Å²) in [4.78, 5) is 0. The first-order valence-corrected chi connectivity index (χ1v) is 8.46. The van der Waals surface area contributed by atoms with Crippen molar-refractivity contribution in [3.63, 3.8) is 0 Å². The smallest absolute Gasteiger partial charge is 0.400 e. The van der Waals surface area contributed by atoms with Gasteiger partial charge in [-0.25, -0.2) is 0 Å². The van der Waals surface area contributed by atoms with Crippen LogP contribution in [0.15, 0.2) is 29.7 Å². The zero-order valence-electron chi connectivity index (χ0n) is 14.3. The number of nitrogens with one attached hydrogen (secondary N) is 1. The fraction of sp³-hybridized carbons (Fsp3) is 0.438. The maximum Gasteiger partial charge on any atom is 0.491 e. The highest BCUT2D eigenvalue weighted by Crippen LogP contribution is 2.39. The van der Waals surface area contributed by atoms with Crippen LogP contribution in [-0.2, 0) is 9.31 Å². The monoisotopic (exact) mass is 344 g/mol. The highest BCUT2D eigenvalue weighted by Gasteiger charge is 2.52. The molecule has 0 radical (unpaired) electrons. The van der Waals surface area contributed by atoms with Crippen LogP contribution in [0.2, 0.25) is 0 Å². The number of aromatic amines is 1. The molecule has 2 heterocycles. The largest absolute Gasteiger partial charge is 0.491 e. The van der Waals surface area contributed by atoms with Crippen LogP contribution in [0.25, 0.3) is 17.5 Å². The van der Waals surface area contributed by atoms with Crippen LogP contribution in [0.3, 0.4) is 0 Å². The Bertz CT molecular complexity index is 713. The SMILES string of the molecule is CC1(C)OB(C(=Cc2ccc(-c3nn[nH]n3)cc2)CS)OC1(C)C. The Morgan fingerprint density at radius 1 is 1.17 bits per heavy atom. The number of nitrogens with zero attached hydrogens (tertiary/aromatic N) is 3. The van der Waals surface area contributed by atoms with E-state index < -0.39 is 0 Å². The van der Waals surface area contributed by atoms with Crippen LogP contribution in [0.5, 0.6) is 0 Å². The molecule has 1 aromatic carbocycles. The van der Waals surface area contributed by atoms with Crippen molar-refractivity contribution >= 4 is 25.8 Å². The average Bonchev–Trinajstić information content (AvgIpc) is 3.12. The van der Waals surface area contributed by atoms with E-state index in [0.717, 1.165) is 16.6 Å². The van der Waals surface area contributed by atoms with E-state index in [4.69, 9.17) is 9.31 Å². The van der Waals surface area contributed by atoms with Crippen LogP contribution in [0.4, 0.5) is 0 Å². The number of thiol groups is 1. The Kier molecular flexibility index (Phi) is 4.55. The molecule has 0 bridgehead atoms. The highest BCUT2D eigenvalue weighted by atomic mass is 32.1. The van der Waals surface area contributed by atoms with Gasteiger partial charge in [-0.2, -0.15) is 17.8 Å². The molecule has 1 fully saturated rings. The normalized spacial score (nSPS) is 19.7. The van der Waals surface area contributed by atoms with Gasteiger partial charge in [0.05, 0.1) is 11.2 Å². The molecule has 0 atom stereocenters. The van der Waals surface area contributed by atoms with Crippen LogP contribution >= 0.6 is 12.6 Å². The lowest BCUT2D eigenvalue weighted by molar-refractivity contribution is 0.00578. The Hall–Kier alpha value is -1.64. The lowest BCUT2D eigenvalue weighted by Gasteiger charge is -2.32. The van der Waals surface area contributed by atoms with Gasteiger partial charge in [0, 0.05) is 11.3 Å². The zero-order chi connectivity index (χ0) is 17.4.